The number of hydrogen-bond acceptors (Lipinski definition) is 7. The molecule has 2 N–H and O–H groups in total. The van der Waals surface area contributed by atoms with Crippen molar-refractivity contribution in [2.24, 2.45) is 0 Å². The molecule has 1 fully saturated rings. The zero-order valence-corrected chi connectivity index (χ0v) is 12.0. The summed E-state index contributed by atoms with van der Waals surface area (Å²) in [6.45, 7) is 0. The second-order valence-corrected chi connectivity index (χ2v) is 5.96. The monoisotopic (exact) mass is 306 g/mol. The van der Waals surface area contributed by atoms with Crippen LogP contribution in [0, 0.1) is 10.1 Å². The highest BCUT2D eigenvalue weighted by Crippen LogP contribution is 2.35. The van der Waals surface area contributed by atoms with Crippen molar-refractivity contribution in [3.8, 4) is 0 Å². The first kappa shape index (κ1) is 13.8. The second-order valence-electron chi connectivity index (χ2n) is 4.92. The van der Waals surface area contributed by atoms with Crippen LogP contribution in [0.1, 0.15) is 31.7 Å². The Morgan fingerprint density at radius 2 is 2.14 bits per heavy atom. The summed E-state index contributed by atoms with van der Waals surface area (Å²) in [4.78, 5) is 11.1. The first-order valence-electron chi connectivity index (χ1n) is 6.65. The molecule has 1 aliphatic carbocycles. The molecule has 0 spiro atoms. The summed E-state index contributed by atoms with van der Waals surface area (Å²) in [5.41, 5.74) is 5.75. The molecule has 0 atom stereocenters. The maximum atomic E-state index is 10.8. The summed E-state index contributed by atoms with van der Waals surface area (Å²) in [5, 5.41) is 23.3. The highest BCUT2D eigenvalue weighted by molar-refractivity contribution is 7.99. The Bertz CT molecular complexity index is 668. The molecular weight excluding hydrogens is 292 g/mol. The number of nitrogens with two attached hydrogens (primary N) is 1. The van der Waals surface area contributed by atoms with Gasteiger partial charge in [-0.2, -0.15) is 0 Å². The first-order valence-corrected chi connectivity index (χ1v) is 7.46. The summed E-state index contributed by atoms with van der Waals surface area (Å²) < 4.78 is 1.84. The Morgan fingerprint density at radius 3 is 2.81 bits per heavy atom. The van der Waals surface area contributed by atoms with Crippen LogP contribution in [0.25, 0.3) is 0 Å². The third kappa shape index (κ3) is 2.82. The van der Waals surface area contributed by atoms with Gasteiger partial charge in [-0.3, -0.25) is 10.1 Å². The molecular formula is C12H14N6O2S. The normalized spacial score (nSPS) is 15.4. The van der Waals surface area contributed by atoms with E-state index < -0.39 is 4.92 Å². The predicted molar refractivity (Wildman–Crippen MR) is 77.0 cm³/mol. The van der Waals surface area contributed by atoms with E-state index in [4.69, 9.17) is 5.73 Å². The predicted octanol–water partition coefficient (Wildman–Crippen LogP) is 2.43. The molecule has 2 aromatic rings. The molecule has 1 aromatic carbocycles. The number of hydrogen-bond donors (Lipinski definition) is 1. The summed E-state index contributed by atoms with van der Waals surface area (Å²) in [7, 11) is 0. The summed E-state index contributed by atoms with van der Waals surface area (Å²) in [5.74, 6) is 0. The van der Waals surface area contributed by atoms with Crippen molar-refractivity contribution in [1.29, 1.82) is 0 Å². The molecule has 9 heteroatoms. The van der Waals surface area contributed by atoms with Gasteiger partial charge >= 0.3 is 0 Å². The largest absolute Gasteiger partial charge is 0.393 e. The minimum atomic E-state index is -0.494. The van der Waals surface area contributed by atoms with Crippen LogP contribution in [-0.2, 0) is 0 Å². The third-order valence-electron chi connectivity index (χ3n) is 3.54. The Morgan fingerprint density at radius 1 is 1.38 bits per heavy atom. The van der Waals surface area contributed by atoms with E-state index in [-0.39, 0.29) is 11.4 Å². The Labute approximate surface area is 124 Å². The van der Waals surface area contributed by atoms with Gasteiger partial charge in [0.1, 0.15) is 5.69 Å². The average molecular weight is 306 g/mol. The van der Waals surface area contributed by atoms with Crippen LogP contribution in [0.2, 0.25) is 0 Å². The standard InChI is InChI=1S/C12H14N6O2S/c13-10-7-9(5-6-11(10)18(19)20)21-12-14-15-16-17(12)8-3-1-2-4-8/h5-8H,1-4,13H2. The molecule has 0 saturated heterocycles. The van der Waals surface area contributed by atoms with Gasteiger partial charge in [-0.1, -0.05) is 12.8 Å². The molecule has 1 aromatic heterocycles. The van der Waals surface area contributed by atoms with Gasteiger partial charge < -0.3 is 5.73 Å². The van der Waals surface area contributed by atoms with Crippen LogP contribution >= 0.6 is 11.8 Å². The summed E-state index contributed by atoms with van der Waals surface area (Å²) in [6.07, 6.45) is 4.56. The zero-order valence-electron chi connectivity index (χ0n) is 11.2. The number of aromatic nitrogens is 4. The van der Waals surface area contributed by atoms with Crippen molar-refractivity contribution in [3.63, 3.8) is 0 Å². The number of benzene rings is 1. The van der Waals surface area contributed by atoms with Crippen LogP contribution in [0.4, 0.5) is 11.4 Å². The van der Waals surface area contributed by atoms with Crippen molar-refractivity contribution < 1.29 is 4.92 Å². The number of nitro groups is 1. The minimum absolute atomic E-state index is 0.0882. The number of nitrogens with zero attached hydrogens (tertiary/aromatic N) is 5. The van der Waals surface area contributed by atoms with Crippen LogP contribution in [0.5, 0.6) is 0 Å². The Hall–Kier alpha value is -2.16. The van der Waals surface area contributed by atoms with Crippen molar-refractivity contribution in [2.75, 3.05) is 5.73 Å². The van der Waals surface area contributed by atoms with Gasteiger partial charge in [0, 0.05) is 11.0 Å². The van der Waals surface area contributed by atoms with Gasteiger partial charge in [0.15, 0.2) is 0 Å². The quantitative estimate of drug-likeness (QED) is 0.524. The molecule has 1 saturated carbocycles. The number of tetrazole rings is 1. The summed E-state index contributed by atoms with van der Waals surface area (Å²) >= 11 is 1.37. The first-order chi connectivity index (χ1) is 10.1. The number of nitrogen functional groups attached to an aromatic ring is 1. The molecule has 110 valence electrons. The molecule has 0 unspecified atom stereocenters. The van der Waals surface area contributed by atoms with E-state index in [0.29, 0.717) is 11.2 Å². The minimum Gasteiger partial charge on any atom is -0.393 e. The average Bonchev–Trinajstić information content (AvgIpc) is 3.08. The smallest absolute Gasteiger partial charge is 0.292 e. The van der Waals surface area contributed by atoms with Gasteiger partial charge in [-0.15, -0.1) is 5.10 Å². The molecule has 1 heterocycles. The Kier molecular flexibility index (Phi) is 3.74. The van der Waals surface area contributed by atoms with E-state index in [2.05, 4.69) is 15.5 Å². The van der Waals surface area contributed by atoms with E-state index >= 15 is 0 Å². The second kappa shape index (κ2) is 5.68. The van der Waals surface area contributed by atoms with E-state index in [1.54, 1.807) is 12.1 Å². The number of anilines is 1. The maximum Gasteiger partial charge on any atom is 0.292 e. The number of nitro benzene ring substituents is 1. The lowest BCUT2D eigenvalue weighted by Gasteiger charge is -2.10. The molecule has 1 aliphatic rings. The molecule has 21 heavy (non-hydrogen) atoms. The highest BCUT2D eigenvalue weighted by Gasteiger charge is 2.22. The lowest BCUT2D eigenvalue weighted by atomic mass is 10.3. The van der Waals surface area contributed by atoms with Gasteiger partial charge in [-0.25, -0.2) is 4.68 Å². The van der Waals surface area contributed by atoms with Gasteiger partial charge in [-0.05, 0) is 47.2 Å². The lowest BCUT2D eigenvalue weighted by molar-refractivity contribution is -0.383. The van der Waals surface area contributed by atoms with E-state index in [9.17, 15) is 10.1 Å². The Balaban J connectivity index is 1.82. The van der Waals surface area contributed by atoms with Crippen molar-refractivity contribution >= 4 is 23.1 Å². The molecule has 0 radical (unpaired) electrons. The van der Waals surface area contributed by atoms with Crippen LogP contribution in [-0.4, -0.2) is 25.1 Å². The van der Waals surface area contributed by atoms with Crippen LogP contribution < -0.4 is 5.73 Å². The fraction of sp³-hybridized carbons (Fsp3) is 0.417. The van der Waals surface area contributed by atoms with E-state index in [0.717, 1.165) is 17.7 Å². The number of rotatable bonds is 4. The summed E-state index contributed by atoms with van der Waals surface area (Å²) in [6, 6.07) is 4.99. The fourth-order valence-electron chi connectivity index (χ4n) is 2.50. The van der Waals surface area contributed by atoms with Gasteiger partial charge in [0.2, 0.25) is 5.16 Å². The lowest BCUT2D eigenvalue weighted by Crippen LogP contribution is -2.08. The molecule has 0 bridgehead atoms. The maximum absolute atomic E-state index is 10.8. The van der Waals surface area contributed by atoms with E-state index in [1.165, 1.54) is 30.7 Å². The van der Waals surface area contributed by atoms with Crippen LogP contribution in [0.15, 0.2) is 28.3 Å². The molecule has 8 nitrogen and oxygen atoms in total. The molecule has 3 rings (SSSR count). The van der Waals surface area contributed by atoms with Crippen molar-refractivity contribution in [1.82, 2.24) is 20.2 Å². The van der Waals surface area contributed by atoms with Crippen LogP contribution in [0.3, 0.4) is 0 Å². The third-order valence-corrected chi connectivity index (χ3v) is 4.48. The van der Waals surface area contributed by atoms with Crippen molar-refractivity contribution in [2.45, 2.75) is 41.8 Å². The highest BCUT2D eigenvalue weighted by atomic mass is 32.2. The van der Waals surface area contributed by atoms with Gasteiger partial charge in [0.05, 0.1) is 11.0 Å². The molecule has 0 aliphatic heterocycles. The van der Waals surface area contributed by atoms with E-state index in [1.807, 2.05) is 4.68 Å². The molecule has 0 amide bonds. The fourth-order valence-corrected chi connectivity index (χ4v) is 3.39. The topological polar surface area (TPSA) is 113 Å². The van der Waals surface area contributed by atoms with Gasteiger partial charge in [0.25, 0.3) is 5.69 Å². The van der Waals surface area contributed by atoms with Crippen molar-refractivity contribution in [3.05, 3.63) is 28.3 Å². The SMILES string of the molecule is Nc1cc(Sc2nnnn2C2CCCC2)ccc1[N+](=O)[O-]. The zero-order chi connectivity index (χ0) is 14.8.